The van der Waals surface area contributed by atoms with Crippen LogP contribution in [0.2, 0.25) is 5.02 Å². The van der Waals surface area contributed by atoms with Crippen molar-refractivity contribution in [1.82, 2.24) is 15.5 Å². The van der Waals surface area contributed by atoms with E-state index in [1.54, 1.807) is 12.3 Å². The maximum absolute atomic E-state index is 13.4. The number of aromatic nitrogens is 2. The lowest BCUT2D eigenvalue weighted by molar-refractivity contribution is -0.158. The minimum absolute atomic E-state index is 0.0893. The quantitative estimate of drug-likeness (QED) is 0.417. The highest BCUT2D eigenvalue weighted by molar-refractivity contribution is 6.38. The molecule has 2 amide bonds. The van der Waals surface area contributed by atoms with Crippen LogP contribution < -0.4 is 10.2 Å². The smallest absolute Gasteiger partial charge is 0.242 e. The molecule has 2 fully saturated rings. The molecule has 9 nitrogen and oxygen atoms in total. The van der Waals surface area contributed by atoms with E-state index in [9.17, 15) is 14.4 Å². The molecule has 6 rings (SSSR count). The number of anilines is 1. The SMILES string of the molecule is C[C@@H]1CN2c3c(cc4c(-c5ccccn5)noc4c3Cl)CC3(C(=O)CC(=O)NC3=O)[C@H]2[C@H](C)O1. The third-order valence-electron chi connectivity index (χ3n) is 7.08. The lowest BCUT2D eigenvalue weighted by Gasteiger charge is -2.55. The number of halogens is 1. The van der Waals surface area contributed by atoms with Gasteiger partial charge < -0.3 is 14.2 Å². The molecule has 0 radical (unpaired) electrons. The largest absolute Gasteiger partial charge is 0.372 e. The molecule has 3 aliphatic rings. The number of carbonyl (C=O) groups is 3. The zero-order valence-electron chi connectivity index (χ0n) is 18.5. The minimum Gasteiger partial charge on any atom is -0.372 e. The highest BCUT2D eigenvalue weighted by Gasteiger charge is 2.62. The molecule has 2 aromatic heterocycles. The summed E-state index contributed by atoms with van der Waals surface area (Å²) in [6.45, 7) is 4.20. The number of ether oxygens (including phenoxy) is 1. The molecule has 1 aromatic carbocycles. The standard InChI is InChI=1S/C24H21ClN4O5/c1-11-10-29-20-13(7-14-19(15-5-3-4-6-26-15)28-34-21(14)18(20)25)9-24(22(29)12(2)33-11)16(30)8-17(31)27-23(24)32/h3-7,11-12,22H,8-10H2,1-2H3,(H,27,31,32)/t11-,12+,22-,24?/m1/s1. The van der Waals surface area contributed by atoms with E-state index in [0.29, 0.717) is 45.2 Å². The molecular formula is C24H21ClN4O5. The van der Waals surface area contributed by atoms with Crippen molar-refractivity contribution in [1.29, 1.82) is 0 Å². The first-order chi connectivity index (χ1) is 16.3. The van der Waals surface area contributed by atoms with Crippen molar-refractivity contribution in [2.45, 2.75) is 44.9 Å². The maximum atomic E-state index is 13.4. The second-order valence-electron chi connectivity index (χ2n) is 9.20. The summed E-state index contributed by atoms with van der Waals surface area (Å²) in [6.07, 6.45) is 0.782. The summed E-state index contributed by atoms with van der Waals surface area (Å²) >= 11 is 6.92. The summed E-state index contributed by atoms with van der Waals surface area (Å²) in [5.41, 5.74) is 1.50. The van der Waals surface area contributed by atoms with Crippen LogP contribution in [-0.2, 0) is 25.5 Å². The second-order valence-corrected chi connectivity index (χ2v) is 9.57. The molecule has 174 valence electrons. The zero-order valence-corrected chi connectivity index (χ0v) is 19.3. The monoisotopic (exact) mass is 480 g/mol. The Kier molecular flexibility index (Phi) is 4.59. The molecule has 3 aromatic rings. The molecule has 1 unspecified atom stereocenters. The van der Waals surface area contributed by atoms with Gasteiger partial charge in [0.25, 0.3) is 0 Å². The second kappa shape index (κ2) is 7.35. The van der Waals surface area contributed by atoms with Gasteiger partial charge in [-0.15, -0.1) is 0 Å². The number of Topliss-reactive ketones (excluding diaryl/α,β-unsaturated/α-hetero) is 1. The number of carbonyl (C=O) groups excluding carboxylic acids is 3. The maximum Gasteiger partial charge on any atom is 0.242 e. The molecule has 4 atom stereocenters. The third-order valence-corrected chi connectivity index (χ3v) is 7.44. The van der Waals surface area contributed by atoms with E-state index < -0.39 is 35.2 Å². The number of rotatable bonds is 1. The number of nitrogens with zero attached hydrogens (tertiary/aromatic N) is 3. The van der Waals surface area contributed by atoms with Crippen molar-refractivity contribution in [3.8, 4) is 11.4 Å². The van der Waals surface area contributed by atoms with Crippen molar-refractivity contribution >= 4 is 45.9 Å². The van der Waals surface area contributed by atoms with E-state index in [4.69, 9.17) is 20.9 Å². The van der Waals surface area contributed by atoms with Gasteiger partial charge in [-0.1, -0.05) is 22.8 Å². The van der Waals surface area contributed by atoms with Gasteiger partial charge in [-0.3, -0.25) is 24.7 Å². The lowest BCUT2D eigenvalue weighted by atomic mass is 9.63. The number of benzene rings is 1. The Morgan fingerprint density at radius 1 is 1.24 bits per heavy atom. The summed E-state index contributed by atoms with van der Waals surface area (Å²) in [6, 6.07) is 6.72. The Morgan fingerprint density at radius 2 is 2.06 bits per heavy atom. The first-order valence-electron chi connectivity index (χ1n) is 11.1. The number of morpholine rings is 1. The predicted molar refractivity (Wildman–Crippen MR) is 122 cm³/mol. The van der Waals surface area contributed by atoms with Crippen LogP contribution in [0.5, 0.6) is 0 Å². The first kappa shape index (κ1) is 21.2. The molecule has 0 aliphatic carbocycles. The van der Waals surface area contributed by atoms with E-state index >= 15 is 0 Å². The van der Waals surface area contributed by atoms with Crippen molar-refractivity contribution in [2.24, 2.45) is 5.41 Å². The molecule has 5 heterocycles. The Balaban J connectivity index is 1.61. The number of hydrogen-bond donors (Lipinski definition) is 1. The summed E-state index contributed by atoms with van der Waals surface area (Å²) in [4.78, 5) is 45.1. The van der Waals surface area contributed by atoms with Crippen LogP contribution in [0.1, 0.15) is 25.8 Å². The summed E-state index contributed by atoms with van der Waals surface area (Å²) in [5.74, 6) is -1.58. The van der Waals surface area contributed by atoms with E-state index in [2.05, 4.69) is 15.5 Å². The number of imide groups is 1. The van der Waals surface area contributed by atoms with Crippen LogP contribution in [0.15, 0.2) is 35.0 Å². The van der Waals surface area contributed by atoms with Crippen molar-refractivity contribution < 1.29 is 23.6 Å². The Morgan fingerprint density at radius 3 is 2.79 bits per heavy atom. The predicted octanol–water partition coefficient (Wildman–Crippen LogP) is 2.68. The van der Waals surface area contributed by atoms with Crippen LogP contribution in [0, 0.1) is 5.41 Å². The van der Waals surface area contributed by atoms with Crippen LogP contribution in [-0.4, -0.2) is 52.5 Å². The van der Waals surface area contributed by atoms with Gasteiger partial charge in [-0.05, 0) is 44.0 Å². The van der Waals surface area contributed by atoms with E-state index in [0.717, 1.165) is 0 Å². The molecule has 0 saturated carbocycles. The fourth-order valence-electron chi connectivity index (χ4n) is 5.83. The molecule has 34 heavy (non-hydrogen) atoms. The Labute approximate surface area is 199 Å². The van der Waals surface area contributed by atoms with Gasteiger partial charge in [0.2, 0.25) is 11.8 Å². The minimum atomic E-state index is -1.47. The summed E-state index contributed by atoms with van der Waals surface area (Å²) in [5, 5.41) is 7.62. The number of hydrogen-bond acceptors (Lipinski definition) is 8. The average molecular weight is 481 g/mol. The highest BCUT2D eigenvalue weighted by Crippen LogP contribution is 2.52. The van der Waals surface area contributed by atoms with Crippen LogP contribution >= 0.6 is 11.6 Å². The zero-order chi connectivity index (χ0) is 23.8. The molecule has 10 heteroatoms. The molecular weight excluding hydrogens is 460 g/mol. The number of nitrogens with one attached hydrogen (secondary N) is 1. The summed E-state index contributed by atoms with van der Waals surface area (Å²) < 4.78 is 11.7. The number of fused-ring (bicyclic) bond motifs is 5. The number of piperidine rings is 1. The van der Waals surface area contributed by atoms with E-state index in [1.165, 1.54) is 0 Å². The van der Waals surface area contributed by atoms with Crippen LogP contribution in [0.3, 0.4) is 0 Å². The fraction of sp³-hybridized carbons (Fsp3) is 0.375. The van der Waals surface area contributed by atoms with Gasteiger partial charge in [0.1, 0.15) is 16.1 Å². The summed E-state index contributed by atoms with van der Waals surface area (Å²) in [7, 11) is 0. The Hall–Kier alpha value is -3.30. The topological polar surface area (TPSA) is 115 Å². The molecule has 1 spiro atoms. The third kappa shape index (κ3) is 2.80. The average Bonchev–Trinajstić information content (AvgIpc) is 3.21. The van der Waals surface area contributed by atoms with Gasteiger partial charge in [-0.25, -0.2) is 0 Å². The molecule has 1 N–H and O–H groups in total. The van der Waals surface area contributed by atoms with Gasteiger partial charge in [0.05, 0.1) is 41.4 Å². The number of amides is 2. The Bertz CT molecular complexity index is 1350. The normalized spacial score (nSPS) is 28.7. The van der Waals surface area contributed by atoms with Gasteiger partial charge in [0, 0.05) is 12.7 Å². The van der Waals surface area contributed by atoms with Crippen molar-refractivity contribution in [3.63, 3.8) is 0 Å². The van der Waals surface area contributed by atoms with E-state index in [-0.39, 0.29) is 18.9 Å². The fourth-order valence-corrected chi connectivity index (χ4v) is 6.20. The first-order valence-corrected chi connectivity index (χ1v) is 11.5. The molecule has 2 saturated heterocycles. The van der Waals surface area contributed by atoms with E-state index in [1.807, 2.05) is 36.9 Å². The van der Waals surface area contributed by atoms with Crippen molar-refractivity contribution in [2.75, 3.05) is 11.4 Å². The van der Waals surface area contributed by atoms with Crippen LogP contribution in [0.25, 0.3) is 22.4 Å². The van der Waals surface area contributed by atoms with Crippen LogP contribution in [0.4, 0.5) is 5.69 Å². The van der Waals surface area contributed by atoms with Crippen molar-refractivity contribution in [3.05, 3.63) is 41.0 Å². The number of ketones is 1. The van der Waals surface area contributed by atoms with Gasteiger partial charge in [-0.2, -0.15) is 0 Å². The van der Waals surface area contributed by atoms with Gasteiger partial charge >= 0.3 is 0 Å². The van der Waals surface area contributed by atoms with Gasteiger partial charge in [0.15, 0.2) is 11.4 Å². The molecule has 0 bridgehead atoms. The molecule has 3 aliphatic heterocycles. The number of pyridine rings is 1. The highest BCUT2D eigenvalue weighted by atomic mass is 35.5. The lowest BCUT2D eigenvalue weighted by Crippen LogP contribution is -2.72.